The van der Waals surface area contributed by atoms with E-state index in [1.165, 1.54) is 0 Å². The van der Waals surface area contributed by atoms with Gasteiger partial charge in [-0.15, -0.1) is 0 Å². The zero-order valence-corrected chi connectivity index (χ0v) is 18.7. The molecular weight excluding hydrogens is 443 g/mol. The molecule has 1 fully saturated rings. The molecule has 0 atom stereocenters. The van der Waals surface area contributed by atoms with Crippen LogP contribution in [-0.4, -0.2) is 52.4 Å². The number of benzene rings is 2. The molecule has 0 amide bonds. The monoisotopic (exact) mass is 466 g/mol. The Morgan fingerprint density at radius 2 is 1.88 bits per heavy atom. The van der Waals surface area contributed by atoms with Crippen LogP contribution in [0.5, 0.6) is 0 Å². The van der Waals surface area contributed by atoms with Gasteiger partial charge in [-0.1, -0.05) is 12.1 Å². The summed E-state index contributed by atoms with van der Waals surface area (Å²) in [5.74, 6) is 0.235. The Hall–Kier alpha value is -4.19. The van der Waals surface area contributed by atoms with E-state index in [-0.39, 0.29) is 17.2 Å². The van der Waals surface area contributed by atoms with E-state index in [4.69, 9.17) is 4.74 Å². The highest BCUT2D eigenvalue weighted by atomic mass is 19.1. The number of hydrogen-bond acceptors (Lipinski definition) is 10. The number of nitro groups is 1. The van der Waals surface area contributed by atoms with Gasteiger partial charge in [-0.3, -0.25) is 10.1 Å². The summed E-state index contributed by atoms with van der Waals surface area (Å²) in [5, 5.41) is 18.2. The molecule has 1 aliphatic rings. The number of halogens is 1. The number of non-ortho nitro benzene ring substituents is 1. The van der Waals surface area contributed by atoms with Crippen LogP contribution in [0.4, 0.5) is 33.6 Å². The molecule has 0 aliphatic carbocycles. The van der Waals surface area contributed by atoms with Crippen LogP contribution in [0.25, 0.3) is 0 Å². The normalized spacial score (nSPS) is 13.8. The molecule has 0 spiro atoms. The second kappa shape index (κ2) is 10.2. The first kappa shape index (κ1) is 23.0. The van der Waals surface area contributed by atoms with E-state index in [0.29, 0.717) is 38.2 Å². The average Bonchev–Trinajstić information content (AvgIpc) is 2.83. The van der Waals surface area contributed by atoms with Gasteiger partial charge in [0.25, 0.3) is 5.69 Å². The maximum Gasteiger partial charge on any atom is 0.270 e. The van der Waals surface area contributed by atoms with Gasteiger partial charge in [-0.2, -0.15) is 20.1 Å². The number of nitro benzene ring substituents is 1. The molecule has 12 heteroatoms. The highest BCUT2D eigenvalue weighted by Gasteiger charge is 2.17. The summed E-state index contributed by atoms with van der Waals surface area (Å²) in [4.78, 5) is 25.7. The molecular formula is C22H23FN8O3. The van der Waals surface area contributed by atoms with E-state index in [1.807, 2.05) is 36.9 Å². The number of hydrogen-bond donors (Lipinski definition) is 2. The van der Waals surface area contributed by atoms with Gasteiger partial charge >= 0.3 is 0 Å². The summed E-state index contributed by atoms with van der Waals surface area (Å²) in [6.07, 6.45) is 1.14. The van der Waals surface area contributed by atoms with Crippen molar-refractivity contribution in [2.45, 2.75) is 13.8 Å². The largest absolute Gasteiger partial charge is 0.378 e. The Balaban J connectivity index is 1.61. The second-order valence-electron chi connectivity index (χ2n) is 7.66. The predicted molar refractivity (Wildman–Crippen MR) is 126 cm³/mol. The Morgan fingerprint density at radius 1 is 1.12 bits per heavy atom. The van der Waals surface area contributed by atoms with Crippen LogP contribution in [0, 0.1) is 29.8 Å². The van der Waals surface area contributed by atoms with Crippen LogP contribution >= 0.6 is 0 Å². The molecule has 1 aromatic heterocycles. The Labute approximate surface area is 194 Å². The van der Waals surface area contributed by atoms with Gasteiger partial charge in [0, 0.05) is 36.5 Å². The standard InChI is InChI=1S/C22H23FN8O3/c1-14-3-4-15(2)19(11-14)25-20-26-21(28-22(27-20)30-7-9-34-10-8-30)29-24-13-16-12-17(31(32)33)5-6-18(16)23/h3-6,11-13H,7-10H2,1-2H3,(H2,25,26,27,28,29). The summed E-state index contributed by atoms with van der Waals surface area (Å²) in [7, 11) is 0. The molecule has 3 aromatic rings. The van der Waals surface area contributed by atoms with Crippen molar-refractivity contribution in [1.29, 1.82) is 0 Å². The fourth-order valence-corrected chi connectivity index (χ4v) is 3.27. The maximum absolute atomic E-state index is 14.0. The topological polar surface area (TPSA) is 131 Å². The third kappa shape index (κ3) is 5.59. The van der Waals surface area contributed by atoms with Gasteiger partial charge in [0.15, 0.2) is 0 Å². The van der Waals surface area contributed by atoms with Crippen LogP contribution in [-0.2, 0) is 4.74 Å². The molecule has 11 nitrogen and oxygen atoms in total. The van der Waals surface area contributed by atoms with Crippen molar-refractivity contribution in [3.05, 3.63) is 69.0 Å². The van der Waals surface area contributed by atoms with E-state index in [2.05, 4.69) is 30.8 Å². The third-order valence-electron chi connectivity index (χ3n) is 5.12. The molecule has 176 valence electrons. The minimum atomic E-state index is -0.641. The van der Waals surface area contributed by atoms with Crippen LogP contribution in [0.1, 0.15) is 16.7 Å². The lowest BCUT2D eigenvalue weighted by Gasteiger charge is -2.27. The molecule has 0 bridgehead atoms. The molecule has 2 N–H and O–H groups in total. The molecule has 0 unspecified atom stereocenters. The zero-order chi connectivity index (χ0) is 24.1. The minimum Gasteiger partial charge on any atom is -0.378 e. The van der Waals surface area contributed by atoms with E-state index in [0.717, 1.165) is 41.2 Å². The van der Waals surface area contributed by atoms with E-state index in [1.54, 1.807) is 0 Å². The third-order valence-corrected chi connectivity index (χ3v) is 5.12. The second-order valence-corrected chi connectivity index (χ2v) is 7.66. The van der Waals surface area contributed by atoms with E-state index >= 15 is 0 Å². The molecule has 0 saturated carbocycles. The lowest BCUT2D eigenvalue weighted by molar-refractivity contribution is -0.384. The van der Waals surface area contributed by atoms with Gasteiger partial charge in [0.05, 0.1) is 24.4 Å². The minimum absolute atomic E-state index is 0.0436. The molecule has 2 heterocycles. The summed E-state index contributed by atoms with van der Waals surface area (Å²) in [6.45, 7) is 6.31. The van der Waals surface area contributed by atoms with Crippen LogP contribution in [0.2, 0.25) is 0 Å². The van der Waals surface area contributed by atoms with Crippen molar-refractivity contribution in [2.24, 2.45) is 5.10 Å². The lowest BCUT2D eigenvalue weighted by Crippen LogP contribution is -2.37. The quantitative estimate of drug-likeness (QED) is 0.305. The van der Waals surface area contributed by atoms with Crippen molar-refractivity contribution in [3.63, 3.8) is 0 Å². The van der Waals surface area contributed by atoms with Gasteiger partial charge in [-0.25, -0.2) is 9.82 Å². The molecule has 0 radical (unpaired) electrons. The van der Waals surface area contributed by atoms with Crippen LogP contribution in [0.15, 0.2) is 41.5 Å². The molecule has 34 heavy (non-hydrogen) atoms. The Kier molecular flexibility index (Phi) is 6.87. The van der Waals surface area contributed by atoms with Crippen molar-refractivity contribution in [2.75, 3.05) is 41.9 Å². The van der Waals surface area contributed by atoms with Gasteiger partial charge in [0.1, 0.15) is 5.82 Å². The van der Waals surface area contributed by atoms with Crippen molar-refractivity contribution >= 4 is 35.4 Å². The summed E-state index contributed by atoms with van der Waals surface area (Å²) >= 11 is 0. The Morgan fingerprint density at radius 3 is 2.65 bits per heavy atom. The smallest absolute Gasteiger partial charge is 0.270 e. The van der Waals surface area contributed by atoms with Crippen LogP contribution in [0.3, 0.4) is 0 Å². The highest BCUT2D eigenvalue weighted by Crippen LogP contribution is 2.22. The van der Waals surface area contributed by atoms with Gasteiger partial charge < -0.3 is 15.0 Å². The van der Waals surface area contributed by atoms with Crippen LogP contribution < -0.4 is 15.6 Å². The molecule has 4 rings (SSSR count). The number of morpholine rings is 1. The fraction of sp³-hybridized carbons (Fsp3) is 0.273. The average molecular weight is 466 g/mol. The first-order valence-corrected chi connectivity index (χ1v) is 10.5. The number of anilines is 4. The van der Waals surface area contributed by atoms with Crippen molar-refractivity contribution in [1.82, 2.24) is 15.0 Å². The fourth-order valence-electron chi connectivity index (χ4n) is 3.27. The first-order valence-electron chi connectivity index (χ1n) is 10.5. The number of hydrazone groups is 1. The molecule has 1 aliphatic heterocycles. The lowest BCUT2D eigenvalue weighted by atomic mass is 10.1. The number of rotatable bonds is 7. The maximum atomic E-state index is 14.0. The predicted octanol–water partition coefficient (Wildman–Crippen LogP) is 3.56. The number of aromatic nitrogens is 3. The molecule has 1 saturated heterocycles. The summed E-state index contributed by atoms with van der Waals surface area (Å²) < 4.78 is 19.4. The summed E-state index contributed by atoms with van der Waals surface area (Å²) in [5.41, 5.74) is 5.35. The summed E-state index contributed by atoms with van der Waals surface area (Å²) in [6, 6.07) is 9.21. The van der Waals surface area contributed by atoms with E-state index < -0.39 is 10.7 Å². The van der Waals surface area contributed by atoms with Gasteiger partial charge in [0.2, 0.25) is 17.8 Å². The molecule has 2 aromatic carbocycles. The number of nitrogens with one attached hydrogen (secondary N) is 2. The van der Waals surface area contributed by atoms with Gasteiger partial charge in [-0.05, 0) is 37.1 Å². The van der Waals surface area contributed by atoms with Crippen molar-refractivity contribution in [3.8, 4) is 0 Å². The number of aryl methyl sites for hydroxylation is 2. The first-order chi connectivity index (χ1) is 16.4. The van der Waals surface area contributed by atoms with E-state index in [9.17, 15) is 14.5 Å². The Bertz CT molecular complexity index is 1230. The zero-order valence-electron chi connectivity index (χ0n) is 18.7. The number of ether oxygens (including phenoxy) is 1. The van der Waals surface area contributed by atoms with Crippen molar-refractivity contribution < 1.29 is 14.1 Å². The highest BCUT2D eigenvalue weighted by molar-refractivity contribution is 5.81. The SMILES string of the molecule is Cc1ccc(C)c(Nc2nc(NN=Cc3cc([N+](=O)[O-])ccc3F)nc(N3CCOCC3)n2)c1. The number of nitrogens with zero attached hydrogens (tertiary/aromatic N) is 6.